The van der Waals surface area contributed by atoms with Crippen LogP contribution < -0.4 is 10.5 Å². The molecule has 1 aliphatic rings. The molecule has 0 unspecified atom stereocenters. The number of nitrogens with two attached hydrogens (primary N) is 1. The molecular weight excluding hydrogens is 230 g/mol. The first-order chi connectivity index (χ1) is 7.58. The van der Waals surface area contributed by atoms with Crippen molar-refractivity contribution in [2.75, 3.05) is 12.3 Å². The second-order valence-corrected chi connectivity index (χ2v) is 4.34. The van der Waals surface area contributed by atoms with Crippen LogP contribution in [0.2, 0.25) is 5.02 Å². The van der Waals surface area contributed by atoms with Crippen LogP contribution in [0.1, 0.15) is 23.2 Å². The second kappa shape index (κ2) is 4.22. The van der Waals surface area contributed by atoms with Crippen LogP contribution >= 0.6 is 11.6 Å². The lowest BCUT2D eigenvalue weighted by Crippen LogP contribution is -2.06. The van der Waals surface area contributed by atoms with E-state index in [-0.39, 0.29) is 10.6 Å². The van der Waals surface area contributed by atoms with Gasteiger partial charge in [0.15, 0.2) is 0 Å². The van der Waals surface area contributed by atoms with Crippen molar-refractivity contribution in [2.24, 2.45) is 5.92 Å². The number of halogens is 1. The number of benzene rings is 1. The van der Waals surface area contributed by atoms with Gasteiger partial charge in [-0.25, -0.2) is 4.79 Å². The van der Waals surface area contributed by atoms with Gasteiger partial charge in [0.25, 0.3) is 0 Å². The zero-order valence-corrected chi connectivity index (χ0v) is 9.33. The molecule has 0 heterocycles. The largest absolute Gasteiger partial charge is 0.492 e. The van der Waals surface area contributed by atoms with Crippen molar-refractivity contribution in [1.29, 1.82) is 0 Å². The van der Waals surface area contributed by atoms with E-state index in [4.69, 9.17) is 27.2 Å². The molecule has 86 valence electrons. The highest BCUT2D eigenvalue weighted by Gasteiger charge is 2.23. The molecule has 1 fully saturated rings. The SMILES string of the molecule is Nc1cc(OCC2CC2)c(C(=O)O)cc1Cl. The van der Waals surface area contributed by atoms with Gasteiger partial charge in [0.2, 0.25) is 0 Å². The average Bonchev–Trinajstić information content (AvgIpc) is 3.02. The number of nitrogen functional groups attached to an aromatic ring is 1. The first-order valence-electron chi connectivity index (χ1n) is 5.03. The van der Waals surface area contributed by atoms with Crippen LogP contribution in [-0.2, 0) is 0 Å². The van der Waals surface area contributed by atoms with Gasteiger partial charge in [0.1, 0.15) is 11.3 Å². The fraction of sp³-hybridized carbons (Fsp3) is 0.364. The highest BCUT2D eigenvalue weighted by molar-refractivity contribution is 6.33. The Bertz CT molecular complexity index is 429. The lowest BCUT2D eigenvalue weighted by atomic mass is 10.2. The lowest BCUT2D eigenvalue weighted by Gasteiger charge is -2.10. The van der Waals surface area contributed by atoms with E-state index in [2.05, 4.69) is 0 Å². The molecule has 0 bridgehead atoms. The molecule has 0 aromatic heterocycles. The Morgan fingerprint density at radius 1 is 1.56 bits per heavy atom. The zero-order chi connectivity index (χ0) is 11.7. The van der Waals surface area contributed by atoms with Gasteiger partial charge in [-0.3, -0.25) is 0 Å². The summed E-state index contributed by atoms with van der Waals surface area (Å²) in [6, 6.07) is 2.79. The summed E-state index contributed by atoms with van der Waals surface area (Å²) in [5.41, 5.74) is 5.99. The van der Waals surface area contributed by atoms with E-state index in [0.29, 0.717) is 24.0 Å². The molecule has 1 saturated carbocycles. The summed E-state index contributed by atoms with van der Waals surface area (Å²) in [4.78, 5) is 11.0. The molecule has 5 heteroatoms. The maximum Gasteiger partial charge on any atom is 0.339 e. The van der Waals surface area contributed by atoms with Gasteiger partial charge in [0, 0.05) is 6.07 Å². The minimum Gasteiger partial charge on any atom is -0.492 e. The van der Waals surface area contributed by atoms with Crippen molar-refractivity contribution in [3.8, 4) is 5.75 Å². The van der Waals surface area contributed by atoms with Crippen molar-refractivity contribution < 1.29 is 14.6 Å². The van der Waals surface area contributed by atoms with Crippen LogP contribution in [-0.4, -0.2) is 17.7 Å². The minimum atomic E-state index is -1.06. The Morgan fingerprint density at radius 3 is 2.81 bits per heavy atom. The molecular formula is C11H12ClNO3. The number of aromatic carboxylic acids is 1. The maximum absolute atomic E-state index is 11.0. The molecule has 0 spiro atoms. The summed E-state index contributed by atoms with van der Waals surface area (Å²) in [5.74, 6) is -0.215. The molecule has 0 saturated heterocycles. The third-order valence-corrected chi connectivity index (χ3v) is 2.83. The predicted molar refractivity (Wildman–Crippen MR) is 61.0 cm³/mol. The van der Waals surface area contributed by atoms with Gasteiger partial charge in [-0.15, -0.1) is 0 Å². The van der Waals surface area contributed by atoms with Crippen LogP contribution in [0.25, 0.3) is 0 Å². The van der Waals surface area contributed by atoms with E-state index in [1.807, 2.05) is 0 Å². The minimum absolute atomic E-state index is 0.0554. The van der Waals surface area contributed by atoms with Crippen molar-refractivity contribution in [1.82, 2.24) is 0 Å². The molecule has 1 aliphatic carbocycles. The van der Waals surface area contributed by atoms with E-state index < -0.39 is 5.97 Å². The summed E-state index contributed by atoms with van der Waals surface area (Å²) >= 11 is 5.76. The Balaban J connectivity index is 2.24. The van der Waals surface area contributed by atoms with Crippen molar-refractivity contribution in [3.63, 3.8) is 0 Å². The monoisotopic (exact) mass is 241 g/mol. The number of hydrogen-bond acceptors (Lipinski definition) is 3. The zero-order valence-electron chi connectivity index (χ0n) is 8.57. The Labute approximate surface area is 98.0 Å². The van der Waals surface area contributed by atoms with E-state index in [1.54, 1.807) is 0 Å². The predicted octanol–water partition coefficient (Wildman–Crippen LogP) is 2.41. The quantitative estimate of drug-likeness (QED) is 0.794. The third kappa shape index (κ3) is 2.39. The fourth-order valence-corrected chi connectivity index (χ4v) is 1.51. The van der Waals surface area contributed by atoms with Crippen LogP contribution in [0.5, 0.6) is 5.75 Å². The molecule has 2 rings (SSSR count). The van der Waals surface area contributed by atoms with E-state index in [9.17, 15) is 4.79 Å². The number of ether oxygens (including phenoxy) is 1. The van der Waals surface area contributed by atoms with Crippen LogP contribution in [0.15, 0.2) is 12.1 Å². The molecule has 0 radical (unpaired) electrons. The highest BCUT2D eigenvalue weighted by atomic mass is 35.5. The van der Waals surface area contributed by atoms with Crippen molar-refractivity contribution >= 4 is 23.3 Å². The van der Waals surface area contributed by atoms with Crippen LogP contribution in [0.4, 0.5) is 5.69 Å². The summed E-state index contributed by atoms with van der Waals surface area (Å²) < 4.78 is 5.44. The Kier molecular flexibility index (Phi) is 2.92. The normalized spacial score (nSPS) is 14.8. The van der Waals surface area contributed by atoms with Gasteiger partial charge < -0.3 is 15.6 Å². The molecule has 3 N–H and O–H groups in total. The maximum atomic E-state index is 11.0. The molecule has 1 aromatic carbocycles. The smallest absolute Gasteiger partial charge is 0.339 e. The molecule has 0 atom stereocenters. The average molecular weight is 242 g/mol. The van der Waals surface area contributed by atoms with Gasteiger partial charge >= 0.3 is 5.97 Å². The summed E-state index contributed by atoms with van der Waals surface area (Å²) in [6.07, 6.45) is 2.29. The van der Waals surface area contributed by atoms with Crippen LogP contribution in [0.3, 0.4) is 0 Å². The second-order valence-electron chi connectivity index (χ2n) is 3.93. The third-order valence-electron chi connectivity index (χ3n) is 2.50. The van der Waals surface area contributed by atoms with Gasteiger partial charge in [0.05, 0.1) is 17.3 Å². The van der Waals surface area contributed by atoms with Crippen molar-refractivity contribution in [2.45, 2.75) is 12.8 Å². The summed E-state index contributed by atoms with van der Waals surface area (Å²) in [5, 5.41) is 9.21. The number of anilines is 1. The summed E-state index contributed by atoms with van der Waals surface area (Å²) in [7, 11) is 0. The molecule has 16 heavy (non-hydrogen) atoms. The number of rotatable bonds is 4. The molecule has 1 aromatic rings. The fourth-order valence-electron chi connectivity index (χ4n) is 1.35. The number of carbonyl (C=O) groups is 1. The highest BCUT2D eigenvalue weighted by Crippen LogP contribution is 2.33. The Hall–Kier alpha value is -1.42. The van der Waals surface area contributed by atoms with E-state index in [0.717, 1.165) is 12.8 Å². The topological polar surface area (TPSA) is 72.5 Å². The molecule has 4 nitrogen and oxygen atoms in total. The summed E-state index contributed by atoms with van der Waals surface area (Å²) in [6.45, 7) is 0.543. The lowest BCUT2D eigenvalue weighted by molar-refractivity contribution is 0.0692. The number of carboxylic acid groups (broad SMARTS) is 1. The van der Waals surface area contributed by atoms with E-state index in [1.165, 1.54) is 12.1 Å². The first kappa shape index (κ1) is 11.1. The van der Waals surface area contributed by atoms with Gasteiger partial charge in [-0.05, 0) is 24.8 Å². The number of carboxylic acids is 1. The molecule has 0 amide bonds. The van der Waals surface area contributed by atoms with Gasteiger partial charge in [-0.1, -0.05) is 11.6 Å². The number of hydrogen-bond donors (Lipinski definition) is 2. The van der Waals surface area contributed by atoms with Crippen molar-refractivity contribution in [3.05, 3.63) is 22.7 Å². The standard InChI is InChI=1S/C11H12ClNO3/c12-8-3-7(11(14)15)10(4-9(8)13)16-5-6-1-2-6/h3-4,6H,1-2,5,13H2,(H,14,15). The first-order valence-corrected chi connectivity index (χ1v) is 5.41. The van der Waals surface area contributed by atoms with Gasteiger partial charge in [-0.2, -0.15) is 0 Å². The van der Waals surface area contributed by atoms with Crippen LogP contribution in [0, 0.1) is 5.92 Å². The Morgan fingerprint density at radius 2 is 2.25 bits per heavy atom. The van der Waals surface area contributed by atoms with E-state index >= 15 is 0 Å². The molecule has 0 aliphatic heterocycles.